The zero-order valence-corrected chi connectivity index (χ0v) is 10.6. The molecule has 16 heavy (non-hydrogen) atoms. The van der Waals surface area contributed by atoms with Crippen LogP contribution in [0.15, 0.2) is 30.3 Å². The van der Waals surface area contributed by atoms with Gasteiger partial charge >= 0.3 is 0 Å². The Kier molecular flexibility index (Phi) is 5.50. The molecule has 2 nitrogen and oxygen atoms in total. The molecule has 1 aromatic carbocycles. The van der Waals surface area contributed by atoms with Gasteiger partial charge in [-0.05, 0) is 23.9 Å². The van der Waals surface area contributed by atoms with Crippen molar-refractivity contribution in [1.82, 2.24) is 5.32 Å². The van der Waals surface area contributed by atoms with E-state index in [1.807, 2.05) is 0 Å². The minimum atomic E-state index is 0.366. The Bertz CT molecular complexity index is 282. The molecule has 2 unspecified atom stereocenters. The molecular formula is C14H24N2. The van der Waals surface area contributed by atoms with Crippen LogP contribution in [0.3, 0.4) is 0 Å². The molecule has 1 rings (SSSR count). The summed E-state index contributed by atoms with van der Waals surface area (Å²) in [7, 11) is 0. The zero-order valence-electron chi connectivity index (χ0n) is 10.6. The summed E-state index contributed by atoms with van der Waals surface area (Å²) in [5, 5.41) is 3.54. The summed E-state index contributed by atoms with van der Waals surface area (Å²) in [6, 6.07) is 10.9. The van der Waals surface area contributed by atoms with Crippen LogP contribution in [0.1, 0.15) is 32.3 Å². The summed E-state index contributed by atoms with van der Waals surface area (Å²) < 4.78 is 0. The van der Waals surface area contributed by atoms with Gasteiger partial charge in [-0.25, -0.2) is 0 Å². The molecular weight excluding hydrogens is 196 g/mol. The number of benzene rings is 1. The normalized spacial score (nSPS) is 15.1. The molecule has 2 atom stereocenters. The smallest absolute Gasteiger partial charge is 0.0256 e. The molecule has 2 heteroatoms. The molecule has 90 valence electrons. The molecule has 0 saturated heterocycles. The Morgan fingerprint density at radius 1 is 1.12 bits per heavy atom. The molecule has 0 fully saturated rings. The van der Waals surface area contributed by atoms with Crippen LogP contribution in [-0.4, -0.2) is 19.1 Å². The molecule has 1 aromatic rings. The van der Waals surface area contributed by atoms with Crippen LogP contribution < -0.4 is 11.1 Å². The van der Waals surface area contributed by atoms with Crippen molar-refractivity contribution in [3.63, 3.8) is 0 Å². The first-order chi connectivity index (χ1) is 7.65. The Morgan fingerprint density at radius 3 is 2.25 bits per heavy atom. The summed E-state index contributed by atoms with van der Waals surface area (Å²) >= 11 is 0. The fraction of sp³-hybridized carbons (Fsp3) is 0.571. The first kappa shape index (κ1) is 13.2. The van der Waals surface area contributed by atoms with Gasteiger partial charge in [0, 0.05) is 12.6 Å². The molecule has 0 saturated carbocycles. The highest BCUT2D eigenvalue weighted by Gasteiger charge is 2.16. The van der Waals surface area contributed by atoms with Crippen molar-refractivity contribution >= 4 is 0 Å². The van der Waals surface area contributed by atoms with Crippen molar-refractivity contribution in [3.05, 3.63) is 35.9 Å². The lowest BCUT2D eigenvalue weighted by Gasteiger charge is -2.25. The first-order valence-corrected chi connectivity index (χ1v) is 6.13. The van der Waals surface area contributed by atoms with Gasteiger partial charge in [0.15, 0.2) is 0 Å². The molecule has 0 heterocycles. The van der Waals surface area contributed by atoms with Crippen molar-refractivity contribution < 1.29 is 0 Å². The van der Waals surface area contributed by atoms with E-state index in [0.717, 1.165) is 6.54 Å². The Morgan fingerprint density at radius 2 is 1.75 bits per heavy atom. The van der Waals surface area contributed by atoms with Crippen LogP contribution in [0.2, 0.25) is 0 Å². The monoisotopic (exact) mass is 220 g/mol. The van der Waals surface area contributed by atoms with E-state index in [1.54, 1.807) is 0 Å². The summed E-state index contributed by atoms with van der Waals surface area (Å²) in [5.74, 6) is 1.13. The predicted molar refractivity (Wildman–Crippen MR) is 70.5 cm³/mol. The molecule has 0 spiro atoms. The number of rotatable bonds is 6. The minimum Gasteiger partial charge on any atom is -0.329 e. The van der Waals surface area contributed by atoms with Crippen LogP contribution in [0.4, 0.5) is 0 Å². The SMILES string of the molecule is CC(C)CNC(CN)C(C)c1ccccc1. The molecule has 0 radical (unpaired) electrons. The Balaban J connectivity index is 2.59. The van der Waals surface area contributed by atoms with Gasteiger partial charge in [-0.1, -0.05) is 51.1 Å². The Labute approximate surface area is 99.2 Å². The van der Waals surface area contributed by atoms with Gasteiger partial charge in [-0.15, -0.1) is 0 Å². The van der Waals surface area contributed by atoms with Crippen molar-refractivity contribution in [1.29, 1.82) is 0 Å². The van der Waals surface area contributed by atoms with Crippen molar-refractivity contribution in [2.24, 2.45) is 11.7 Å². The average molecular weight is 220 g/mol. The first-order valence-electron chi connectivity index (χ1n) is 6.13. The summed E-state index contributed by atoms with van der Waals surface area (Å²) in [6.07, 6.45) is 0. The number of hydrogen-bond acceptors (Lipinski definition) is 2. The van der Waals surface area contributed by atoms with E-state index in [0.29, 0.717) is 24.4 Å². The van der Waals surface area contributed by atoms with Crippen LogP contribution in [-0.2, 0) is 0 Å². The fourth-order valence-electron chi connectivity index (χ4n) is 1.84. The molecule has 0 aliphatic heterocycles. The van der Waals surface area contributed by atoms with Crippen LogP contribution in [0.5, 0.6) is 0 Å². The van der Waals surface area contributed by atoms with Gasteiger partial charge in [0.25, 0.3) is 0 Å². The summed E-state index contributed by atoms with van der Waals surface area (Å²) in [6.45, 7) is 8.38. The molecule has 0 aliphatic carbocycles. The zero-order chi connectivity index (χ0) is 12.0. The van der Waals surface area contributed by atoms with Crippen molar-refractivity contribution in [2.45, 2.75) is 32.7 Å². The van der Waals surface area contributed by atoms with E-state index >= 15 is 0 Å². The van der Waals surface area contributed by atoms with Gasteiger partial charge in [-0.3, -0.25) is 0 Å². The van der Waals surface area contributed by atoms with Crippen LogP contribution in [0.25, 0.3) is 0 Å². The Hall–Kier alpha value is -0.860. The molecule has 0 aromatic heterocycles. The van der Waals surface area contributed by atoms with Crippen LogP contribution >= 0.6 is 0 Å². The van der Waals surface area contributed by atoms with E-state index < -0.39 is 0 Å². The maximum atomic E-state index is 5.83. The van der Waals surface area contributed by atoms with Crippen molar-refractivity contribution in [2.75, 3.05) is 13.1 Å². The van der Waals surface area contributed by atoms with E-state index in [9.17, 15) is 0 Å². The van der Waals surface area contributed by atoms with E-state index in [1.165, 1.54) is 5.56 Å². The van der Waals surface area contributed by atoms with Gasteiger partial charge in [-0.2, -0.15) is 0 Å². The average Bonchev–Trinajstić information content (AvgIpc) is 2.30. The van der Waals surface area contributed by atoms with Crippen molar-refractivity contribution in [3.8, 4) is 0 Å². The molecule has 0 bridgehead atoms. The lowest BCUT2D eigenvalue weighted by molar-refractivity contribution is 0.423. The van der Waals surface area contributed by atoms with E-state index in [2.05, 4.69) is 56.4 Å². The third-order valence-corrected chi connectivity index (χ3v) is 2.97. The lowest BCUT2D eigenvalue weighted by Crippen LogP contribution is -2.41. The largest absolute Gasteiger partial charge is 0.329 e. The molecule has 0 amide bonds. The third-order valence-electron chi connectivity index (χ3n) is 2.97. The van der Waals surface area contributed by atoms with Gasteiger partial charge < -0.3 is 11.1 Å². The van der Waals surface area contributed by atoms with Gasteiger partial charge in [0.2, 0.25) is 0 Å². The fourth-order valence-corrected chi connectivity index (χ4v) is 1.84. The van der Waals surface area contributed by atoms with E-state index in [4.69, 9.17) is 5.73 Å². The van der Waals surface area contributed by atoms with Gasteiger partial charge in [0.1, 0.15) is 0 Å². The summed E-state index contributed by atoms with van der Waals surface area (Å²) in [4.78, 5) is 0. The predicted octanol–water partition coefficient (Wildman–Crippen LogP) is 2.36. The topological polar surface area (TPSA) is 38.0 Å². The number of nitrogens with two attached hydrogens (primary N) is 1. The third kappa shape index (κ3) is 3.95. The molecule has 3 N–H and O–H groups in total. The van der Waals surface area contributed by atoms with Crippen LogP contribution in [0, 0.1) is 5.92 Å². The highest BCUT2D eigenvalue weighted by Crippen LogP contribution is 2.18. The quantitative estimate of drug-likeness (QED) is 0.772. The summed E-state index contributed by atoms with van der Waals surface area (Å²) in [5.41, 5.74) is 7.19. The molecule has 0 aliphatic rings. The number of nitrogens with one attached hydrogen (secondary N) is 1. The minimum absolute atomic E-state index is 0.366. The van der Waals surface area contributed by atoms with Gasteiger partial charge in [0.05, 0.1) is 0 Å². The second-order valence-corrected chi connectivity index (χ2v) is 4.84. The second-order valence-electron chi connectivity index (χ2n) is 4.84. The highest BCUT2D eigenvalue weighted by molar-refractivity contribution is 5.20. The lowest BCUT2D eigenvalue weighted by atomic mass is 9.93. The second kappa shape index (κ2) is 6.66. The standard InChI is InChI=1S/C14H24N2/c1-11(2)10-16-14(9-15)12(3)13-7-5-4-6-8-13/h4-8,11-12,14,16H,9-10,15H2,1-3H3. The maximum absolute atomic E-state index is 5.83. The number of hydrogen-bond donors (Lipinski definition) is 2. The highest BCUT2D eigenvalue weighted by atomic mass is 14.9. The maximum Gasteiger partial charge on any atom is 0.0256 e. The van der Waals surface area contributed by atoms with E-state index in [-0.39, 0.29) is 0 Å².